The van der Waals surface area contributed by atoms with Gasteiger partial charge < -0.3 is 15.4 Å². The largest absolute Gasteiger partial charge is 0.432 e. The van der Waals surface area contributed by atoms with E-state index in [9.17, 15) is 13.2 Å². The van der Waals surface area contributed by atoms with E-state index < -0.39 is 18.2 Å². The normalized spacial score (nSPS) is 10.8. The van der Waals surface area contributed by atoms with Gasteiger partial charge in [0.15, 0.2) is 11.6 Å². The van der Waals surface area contributed by atoms with Crippen molar-refractivity contribution in [1.82, 2.24) is 4.98 Å². The Labute approximate surface area is 117 Å². The predicted octanol–water partition coefficient (Wildman–Crippen LogP) is 3.10. The van der Waals surface area contributed by atoms with Gasteiger partial charge in [-0.25, -0.2) is 9.37 Å². The van der Waals surface area contributed by atoms with E-state index in [4.69, 9.17) is 5.73 Å². The van der Waals surface area contributed by atoms with E-state index in [1.54, 1.807) is 17.5 Å². The van der Waals surface area contributed by atoms with Gasteiger partial charge >= 0.3 is 6.61 Å². The molecule has 0 bridgehead atoms. The van der Waals surface area contributed by atoms with Crippen LogP contribution >= 0.6 is 11.3 Å². The first-order chi connectivity index (χ1) is 9.47. The Morgan fingerprint density at radius 2 is 2.20 bits per heavy atom. The molecule has 0 atom stereocenters. The summed E-state index contributed by atoms with van der Waals surface area (Å²) >= 11 is 1.44. The van der Waals surface area contributed by atoms with Crippen LogP contribution in [0.1, 0.15) is 5.69 Å². The summed E-state index contributed by atoms with van der Waals surface area (Å²) in [5, 5.41) is 1.85. The molecule has 0 aliphatic heterocycles. The minimum Gasteiger partial charge on any atom is -0.432 e. The first-order valence-electron chi connectivity index (χ1n) is 5.59. The van der Waals surface area contributed by atoms with Gasteiger partial charge in [0.1, 0.15) is 0 Å². The molecule has 2 aromatic rings. The van der Waals surface area contributed by atoms with Gasteiger partial charge in [-0.3, -0.25) is 0 Å². The van der Waals surface area contributed by atoms with Crippen LogP contribution < -0.4 is 15.4 Å². The van der Waals surface area contributed by atoms with Crippen LogP contribution in [0.3, 0.4) is 0 Å². The number of hydrogen-bond donors (Lipinski definition) is 1. The predicted molar refractivity (Wildman–Crippen MR) is 71.7 cm³/mol. The van der Waals surface area contributed by atoms with Gasteiger partial charge in [-0.05, 0) is 0 Å². The number of nitrogens with two attached hydrogens (primary N) is 1. The third kappa shape index (κ3) is 3.32. The smallest absolute Gasteiger partial charge is 0.387 e. The topological polar surface area (TPSA) is 51.4 Å². The van der Waals surface area contributed by atoms with Crippen molar-refractivity contribution in [3.8, 4) is 5.75 Å². The summed E-state index contributed by atoms with van der Waals surface area (Å²) in [5.74, 6) is -1.46. The second-order valence-electron chi connectivity index (χ2n) is 4.06. The first-order valence-corrected chi connectivity index (χ1v) is 6.53. The molecule has 0 amide bonds. The van der Waals surface area contributed by atoms with Crippen molar-refractivity contribution < 1.29 is 17.9 Å². The third-order valence-corrected chi connectivity index (χ3v) is 3.23. The highest BCUT2D eigenvalue weighted by Gasteiger charge is 2.16. The van der Waals surface area contributed by atoms with Gasteiger partial charge in [0, 0.05) is 24.6 Å². The van der Waals surface area contributed by atoms with Crippen molar-refractivity contribution in [2.45, 2.75) is 13.2 Å². The monoisotopic (exact) mass is 303 g/mol. The molecule has 0 aliphatic carbocycles. The molecule has 0 fully saturated rings. The number of thiazole rings is 1. The number of alkyl halides is 2. The zero-order valence-corrected chi connectivity index (χ0v) is 11.3. The van der Waals surface area contributed by atoms with E-state index in [-0.39, 0.29) is 5.69 Å². The van der Waals surface area contributed by atoms with E-state index in [0.29, 0.717) is 12.2 Å². The van der Waals surface area contributed by atoms with Crippen LogP contribution in [0.2, 0.25) is 0 Å². The van der Waals surface area contributed by atoms with Crippen molar-refractivity contribution in [1.29, 1.82) is 0 Å². The molecular weight excluding hydrogens is 291 g/mol. The van der Waals surface area contributed by atoms with Crippen molar-refractivity contribution in [3.63, 3.8) is 0 Å². The minimum atomic E-state index is -3.09. The average molecular weight is 303 g/mol. The summed E-state index contributed by atoms with van der Waals surface area (Å²) < 4.78 is 42.0. The maximum absolute atomic E-state index is 13.5. The molecule has 1 aromatic heterocycles. The molecule has 2 N–H and O–H groups in total. The second-order valence-corrected chi connectivity index (χ2v) is 4.77. The zero-order chi connectivity index (χ0) is 14.7. The maximum Gasteiger partial charge on any atom is 0.387 e. The fraction of sp³-hybridized carbons (Fsp3) is 0.250. The minimum absolute atomic E-state index is 0.141. The molecule has 4 nitrogen and oxygen atoms in total. The van der Waals surface area contributed by atoms with E-state index in [1.807, 2.05) is 5.38 Å². The lowest BCUT2D eigenvalue weighted by Gasteiger charge is -2.21. The van der Waals surface area contributed by atoms with E-state index in [1.165, 1.54) is 11.3 Å². The van der Waals surface area contributed by atoms with Crippen LogP contribution in [-0.2, 0) is 6.54 Å². The molecular formula is C12H12F3N3OS. The van der Waals surface area contributed by atoms with Gasteiger partial charge in [-0.15, -0.1) is 11.3 Å². The summed E-state index contributed by atoms with van der Waals surface area (Å²) in [5.41, 5.74) is 8.73. The Kier molecular flexibility index (Phi) is 4.33. The summed E-state index contributed by atoms with van der Waals surface area (Å²) in [6.45, 7) is -2.67. The highest BCUT2D eigenvalue weighted by atomic mass is 32.1. The van der Waals surface area contributed by atoms with Crippen LogP contribution in [-0.4, -0.2) is 18.6 Å². The molecule has 0 saturated heterocycles. The zero-order valence-electron chi connectivity index (χ0n) is 10.5. The molecule has 0 unspecified atom stereocenters. The Morgan fingerprint density at radius 3 is 2.80 bits per heavy atom. The maximum atomic E-state index is 13.5. The molecule has 0 aliphatic rings. The molecule has 2 rings (SSSR count). The van der Waals surface area contributed by atoms with Crippen molar-refractivity contribution >= 4 is 22.7 Å². The molecule has 1 aromatic carbocycles. The van der Waals surface area contributed by atoms with Crippen LogP contribution in [0.25, 0.3) is 0 Å². The number of aromatic nitrogens is 1. The lowest BCUT2D eigenvalue weighted by atomic mass is 10.2. The van der Waals surface area contributed by atoms with E-state index in [0.717, 1.165) is 17.8 Å². The van der Waals surface area contributed by atoms with Crippen LogP contribution in [0.4, 0.5) is 24.5 Å². The SMILES string of the molecule is CN(Cc1cscn1)c1cc(OC(F)F)c(F)cc1N. The fourth-order valence-corrected chi connectivity index (χ4v) is 2.27. The van der Waals surface area contributed by atoms with Crippen LogP contribution in [0.5, 0.6) is 5.75 Å². The summed E-state index contributed by atoms with van der Waals surface area (Å²) in [6.07, 6.45) is 0. The Hall–Kier alpha value is -1.96. The number of nitrogen functional groups attached to an aromatic ring is 1. The molecule has 0 saturated carbocycles. The van der Waals surface area contributed by atoms with Gasteiger partial charge in [0.25, 0.3) is 0 Å². The summed E-state index contributed by atoms with van der Waals surface area (Å²) in [4.78, 5) is 5.79. The van der Waals surface area contributed by atoms with Crippen molar-refractivity contribution in [3.05, 3.63) is 34.5 Å². The number of ether oxygens (including phenoxy) is 1. The Bertz CT molecular complexity index is 578. The molecule has 0 radical (unpaired) electrons. The summed E-state index contributed by atoms with van der Waals surface area (Å²) in [7, 11) is 1.70. The highest BCUT2D eigenvalue weighted by molar-refractivity contribution is 7.07. The number of rotatable bonds is 5. The highest BCUT2D eigenvalue weighted by Crippen LogP contribution is 2.32. The number of nitrogens with zero attached hydrogens (tertiary/aromatic N) is 2. The Balaban J connectivity index is 2.25. The van der Waals surface area contributed by atoms with Crippen molar-refractivity contribution in [2.24, 2.45) is 0 Å². The molecule has 108 valence electrons. The van der Waals surface area contributed by atoms with Crippen molar-refractivity contribution in [2.75, 3.05) is 17.7 Å². The van der Waals surface area contributed by atoms with Gasteiger partial charge in [0.05, 0.1) is 29.1 Å². The number of anilines is 2. The number of hydrogen-bond acceptors (Lipinski definition) is 5. The van der Waals surface area contributed by atoms with Gasteiger partial charge in [0.2, 0.25) is 0 Å². The third-order valence-electron chi connectivity index (χ3n) is 2.59. The molecule has 8 heteroatoms. The van der Waals surface area contributed by atoms with Gasteiger partial charge in [-0.1, -0.05) is 0 Å². The summed E-state index contributed by atoms with van der Waals surface area (Å²) in [6, 6.07) is 2.12. The lowest BCUT2D eigenvalue weighted by Crippen LogP contribution is -2.18. The van der Waals surface area contributed by atoms with E-state index in [2.05, 4.69) is 9.72 Å². The average Bonchev–Trinajstić information content (AvgIpc) is 2.84. The van der Waals surface area contributed by atoms with Crippen LogP contribution in [0.15, 0.2) is 23.0 Å². The van der Waals surface area contributed by atoms with E-state index >= 15 is 0 Å². The first kappa shape index (κ1) is 14.4. The molecule has 1 heterocycles. The number of halogens is 3. The Morgan fingerprint density at radius 1 is 1.45 bits per heavy atom. The second kappa shape index (κ2) is 6.00. The quantitative estimate of drug-likeness (QED) is 0.862. The van der Waals surface area contributed by atoms with Crippen LogP contribution in [0, 0.1) is 5.82 Å². The fourth-order valence-electron chi connectivity index (χ4n) is 1.72. The number of benzene rings is 1. The lowest BCUT2D eigenvalue weighted by molar-refractivity contribution is -0.0521. The van der Waals surface area contributed by atoms with Gasteiger partial charge in [-0.2, -0.15) is 8.78 Å². The molecule has 0 spiro atoms. The standard InChI is InChI=1S/C12H12F3N3OS/c1-18(4-7-5-20-6-17-7)10-3-11(19-12(14)15)8(13)2-9(10)16/h2-3,5-6,12H,4,16H2,1H3. The molecule has 20 heavy (non-hydrogen) atoms.